The van der Waals surface area contributed by atoms with Gasteiger partial charge < -0.3 is 9.47 Å². The van der Waals surface area contributed by atoms with Crippen molar-refractivity contribution in [3.63, 3.8) is 0 Å². The Labute approximate surface area is 147 Å². The summed E-state index contributed by atoms with van der Waals surface area (Å²) in [6.45, 7) is 2.58. The van der Waals surface area contributed by atoms with Crippen LogP contribution in [0.15, 0.2) is 40.9 Å². The second-order valence-corrected chi connectivity index (χ2v) is 6.08. The predicted molar refractivity (Wildman–Crippen MR) is 91.3 cm³/mol. The van der Waals surface area contributed by atoms with Crippen LogP contribution in [0.4, 0.5) is 0 Å². The van der Waals surface area contributed by atoms with Crippen LogP contribution in [-0.2, 0) is 6.61 Å². The third-order valence-electron chi connectivity index (χ3n) is 2.81. The summed E-state index contributed by atoms with van der Waals surface area (Å²) in [6.07, 6.45) is 0. The van der Waals surface area contributed by atoms with E-state index in [2.05, 4.69) is 15.9 Å². The van der Waals surface area contributed by atoms with Gasteiger partial charge in [-0.25, -0.2) is 0 Å². The van der Waals surface area contributed by atoms with Crippen molar-refractivity contribution >= 4 is 44.4 Å². The maximum Gasteiger partial charge on any atom is 0.252 e. The number of carbonyl (C=O) groups excluding carboxylic acids is 1. The molecule has 0 radical (unpaired) electrons. The SMILES string of the molecule is CCOc1cc(C(=O)Cl)cc(Cl)c1OCc1cccc(Br)c1. The average molecular weight is 404 g/mol. The number of hydrogen-bond donors (Lipinski definition) is 0. The molecule has 22 heavy (non-hydrogen) atoms. The molecule has 0 saturated heterocycles. The lowest BCUT2D eigenvalue weighted by atomic mass is 10.2. The summed E-state index contributed by atoms with van der Waals surface area (Å²) < 4.78 is 12.2. The largest absolute Gasteiger partial charge is 0.490 e. The van der Waals surface area contributed by atoms with E-state index in [1.54, 1.807) is 0 Å². The minimum absolute atomic E-state index is 0.268. The molecule has 2 aromatic carbocycles. The first kappa shape index (κ1) is 17.1. The van der Waals surface area contributed by atoms with E-state index in [-0.39, 0.29) is 10.6 Å². The Kier molecular flexibility index (Phi) is 6.12. The van der Waals surface area contributed by atoms with Gasteiger partial charge in [0.15, 0.2) is 11.5 Å². The summed E-state index contributed by atoms with van der Waals surface area (Å²) in [4.78, 5) is 11.3. The highest BCUT2D eigenvalue weighted by Gasteiger charge is 2.15. The first-order valence-corrected chi connectivity index (χ1v) is 8.09. The van der Waals surface area contributed by atoms with Gasteiger partial charge in [0.2, 0.25) is 0 Å². The van der Waals surface area contributed by atoms with E-state index >= 15 is 0 Å². The van der Waals surface area contributed by atoms with Crippen LogP contribution in [0.5, 0.6) is 11.5 Å². The van der Waals surface area contributed by atoms with Crippen molar-refractivity contribution in [2.24, 2.45) is 0 Å². The van der Waals surface area contributed by atoms with Crippen molar-refractivity contribution < 1.29 is 14.3 Å². The van der Waals surface area contributed by atoms with Crippen molar-refractivity contribution in [3.8, 4) is 11.5 Å². The fraction of sp³-hybridized carbons (Fsp3) is 0.188. The summed E-state index contributed by atoms with van der Waals surface area (Å²) in [7, 11) is 0. The first-order valence-electron chi connectivity index (χ1n) is 6.54. The number of halogens is 3. The lowest BCUT2D eigenvalue weighted by molar-refractivity contribution is 0.108. The topological polar surface area (TPSA) is 35.5 Å². The molecule has 0 unspecified atom stereocenters. The van der Waals surface area contributed by atoms with E-state index in [1.807, 2.05) is 31.2 Å². The number of ether oxygens (including phenoxy) is 2. The molecular weight excluding hydrogens is 391 g/mol. The van der Waals surface area contributed by atoms with Crippen LogP contribution in [0.1, 0.15) is 22.8 Å². The molecule has 0 N–H and O–H groups in total. The highest BCUT2D eigenvalue weighted by atomic mass is 79.9. The number of benzene rings is 2. The zero-order valence-corrected chi connectivity index (χ0v) is 14.8. The lowest BCUT2D eigenvalue weighted by Gasteiger charge is -2.14. The maximum absolute atomic E-state index is 11.3. The molecule has 3 nitrogen and oxygen atoms in total. The fourth-order valence-corrected chi connectivity index (χ4v) is 2.69. The molecule has 116 valence electrons. The molecule has 0 aromatic heterocycles. The standard InChI is InChI=1S/C16H13BrCl2O3/c1-2-21-14-8-11(16(19)20)7-13(18)15(14)22-9-10-4-3-5-12(17)6-10/h3-8H,2,9H2,1H3. The summed E-state index contributed by atoms with van der Waals surface area (Å²) in [5.74, 6) is 0.791. The molecule has 2 aromatic rings. The van der Waals surface area contributed by atoms with Crippen LogP contribution >= 0.6 is 39.1 Å². The van der Waals surface area contributed by atoms with Crippen molar-refractivity contribution in [2.75, 3.05) is 6.61 Å². The third kappa shape index (κ3) is 4.38. The second kappa shape index (κ2) is 7.86. The molecule has 0 atom stereocenters. The van der Waals surface area contributed by atoms with Crippen LogP contribution in [0.3, 0.4) is 0 Å². The molecule has 0 bridgehead atoms. The molecule has 0 saturated carbocycles. The van der Waals surface area contributed by atoms with Gasteiger partial charge in [0.25, 0.3) is 5.24 Å². The minimum atomic E-state index is -0.596. The van der Waals surface area contributed by atoms with Crippen LogP contribution in [0.25, 0.3) is 0 Å². The average Bonchev–Trinajstić information content (AvgIpc) is 2.46. The highest BCUT2D eigenvalue weighted by Crippen LogP contribution is 2.37. The molecule has 6 heteroatoms. The van der Waals surface area contributed by atoms with Gasteiger partial charge in [-0.3, -0.25) is 4.79 Å². The molecule has 0 amide bonds. The molecule has 0 aliphatic rings. The first-order chi connectivity index (χ1) is 10.5. The molecule has 0 fully saturated rings. The molecular formula is C16H13BrCl2O3. The number of rotatable bonds is 6. The molecule has 0 heterocycles. The van der Waals surface area contributed by atoms with Gasteiger partial charge >= 0.3 is 0 Å². The highest BCUT2D eigenvalue weighted by molar-refractivity contribution is 9.10. The predicted octanol–water partition coefficient (Wildman–Crippen LogP) is 5.46. The zero-order valence-electron chi connectivity index (χ0n) is 11.7. The molecule has 0 aliphatic carbocycles. The monoisotopic (exact) mass is 402 g/mol. The molecule has 2 rings (SSSR count). The lowest BCUT2D eigenvalue weighted by Crippen LogP contribution is -2.02. The van der Waals surface area contributed by atoms with E-state index in [0.29, 0.717) is 24.7 Å². The smallest absolute Gasteiger partial charge is 0.252 e. The van der Waals surface area contributed by atoms with Crippen molar-refractivity contribution in [1.29, 1.82) is 0 Å². The molecule has 0 aliphatic heterocycles. The van der Waals surface area contributed by atoms with E-state index in [4.69, 9.17) is 32.7 Å². The van der Waals surface area contributed by atoms with Gasteiger partial charge in [0, 0.05) is 10.0 Å². The quantitative estimate of drug-likeness (QED) is 0.600. The number of hydrogen-bond acceptors (Lipinski definition) is 3. The van der Waals surface area contributed by atoms with Gasteiger partial charge in [0.1, 0.15) is 6.61 Å². The zero-order chi connectivity index (χ0) is 16.1. The Bertz CT molecular complexity index is 689. The normalized spacial score (nSPS) is 10.4. The Balaban J connectivity index is 2.27. The van der Waals surface area contributed by atoms with Crippen molar-refractivity contribution in [2.45, 2.75) is 13.5 Å². The van der Waals surface area contributed by atoms with Crippen molar-refractivity contribution in [1.82, 2.24) is 0 Å². The summed E-state index contributed by atoms with van der Waals surface area (Å²) >= 11 is 15.1. The Morgan fingerprint density at radius 2 is 2.00 bits per heavy atom. The summed E-state index contributed by atoms with van der Waals surface area (Å²) in [6, 6.07) is 10.7. The Hall–Kier alpha value is -1.23. The van der Waals surface area contributed by atoms with Crippen molar-refractivity contribution in [3.05, 3.63) is 57.0 Å². The van der Waals surface area contributed by atoms with Crippen LogP contribution in [0, 0.1) is 0 Å². The summed E-state index contributed by atoms with van der Waals surface area (Å²) in [5.41, 5.74) is 1.25. The number of carbonyl (C=O) groups is 1. The third-order valence-corrected chi connectivity index (χ3v) is 3.80. The van der Waals surface area contributed by atoms with E-state index in [0.717, 1.165) is 10.0 Å². The van der Waals surface area contributed by atoms with Crippen LogP contribution in [-0.4, -0.2) is 11.8 Å². The minimum Gasteiger partial charge on any atom is -0.490 e. The van der Waals surface area contributed by atoms with Gasteiger partial charge in [0.05, 0.1) is 11.6 Å². The van der Waals surface area contributed by atoms with Gasteiger partial charge in [-0.05, 0) is 48.4 Å². The Morgan fingerprint density at radius 3 is 2.64 bits per heavy atom. The van der Waals surface area contributed by atoms with E-state index in [9.17, 15) is 4.79 Å². The van der Waals surface area contributed by atoms with Gasteiger partial charge in [-0.1, -0.05) is 39.7 Å². The molecule has 0 spiro atoms. The summed E-state index contributed by atoms with van der Waals surface area (Å²) in [5, 5.41) is -0.314. The van der Waals surface area contributed by atoms with Gasteiger partial charge in [-0.15, -0.1) is 0 Å². The van der Waals surface area contributed by atoms with Crippen LogP contribution in [0.2, 0.25) is 5.02 Å². The fourth-order valence-electron chi connectivity index (χ4n) is 1.87. The maximum atomic E-state index is 11.3. The van der Waals surface area contributed by atoms with Gasteiger partial charge in [-0.2, -0.15) is 0 Å². The van der Waals surface area contributed by atoms with Crippen LogP contribution < -0.4 is 9.47 Å². The second-order valence-electron chi connectivity index (χ2n) is 4.41. The Morgan fingerprint density at radius 1 is 1.23 bits per heavy atom. The van der Waals surface area contributed by atoms with E-state index < -0.39 is 5.24 Å². The van der Waals surface area contributed by atoms with E-state index in [1.165, 1.54) is 12.1 Å².